The van der Waals surface area contributed by atoms with Gasteiger partial charge in [0.05, 0.1) is 20.8 Å². The van der Waals surface area contributed by atoms with E-state index in [2.05, 4.69) is 36.6 Å². The summed E-state index contributed by atoms with van der Waals surface area (Å²) in [5, 5.41) is 17.9. The first-order valence-corrected chi connectivity index (χ1v) is 19.5. The van der Waals surface area contributed by atoms with Gasteiger partial charge in [0.25, 0.3) is 29.5 Å². The first-order chi connectivity index (χ1) is 28.2. The lowest BCUT2D eigenvalue weighted by Gasteiger charge is -2.09. The SMILES string of the molecule is O=C(Nc1ccc(C(=O)Nc2ccc3nc(-c4ccc(NC(=O)c5ccc(NC(=O)c6cccs6)cc5)cc4)[nH]c3c2)cc1)c1ccc(NC(=O)c2cccs2)cc1. The molecule has 0 bridgehead atoms. The summed E-state index contributed by atoms with van der Waals surface area (Å²) in [5.41, 5.74) is 6.32. The molecule has 0 unspecified atom stereocenters. The van der Waals surface area contributed by atoms with Crippen LogP contribution in [0.4, 0.5) is 28.4 Å². The molecule has 0 aliphatic rings. The summed E-state index contributed by atoms with van der Waals surface area (Å²) in [7, 11) is 0. The molecule has 3 heterocycles. The third-order valence-electron chi connectivity index (χ3n) is 8.86. The molecule has 5 aromatic carbocycles. The Morgan fingerprint density at radius 3 is 1.22 bits per heavy atom. The van der Waals surface area contributed by atoms with E-state index in [1.165, 1.54) is 22.7 Å². The van der Waals surface area contributed by atoms with E-state index >= 15 is 0 Å². The number of nitrogens with zero attached hydrogens (tertiary/aromatic N) is 1. The number of imidazole rings is 1. The first kappa shape index (κ1) is 37.3. The van der Waals surface area contributed by atoms with Crippen LogP contribution < -0.4 is 26.6 Å². The van der Waals surface area contributed by atoms with Gasteiger partial charge in [0.1, 0.15) is 5.82 Å². The Kier molecular flexibility index (Phi) is 10.7. The van der Waals surface area contributed by atoms with E-state index in [-0.39, 0.29) is 29.5 Å². The molecule has 284 valence electrons. The van der Waals surface area contributed by atoms with Gasteiger partial charge in [-0.15, -0.1) is 22.7 Å². The summed E-state index contributed by atoms with van der Waals surface area (Å²) in [6.07, 6.45) is 0. The van der Waals surface area contributed by atoms with Crippen LogP contribution in [0.1, 0.15) is 50.4 Å². The van der Waals surface area contributed by atoms with Crippen LogP contribution in [0.15, 0.2) is 150 Å². The Labute approximate surface area is 339 Å². The van der Waals surface area contributed by atoms with Crippen molar-refractivity contribution in [2.45, 2.75) is 0 Å². The van der Waals surface area contributed by atoms with Crippen LogP contribution in [0, 0.1) is 0 Å². The van der Waals surface area contributed by atoms with Crippen molar-refractivity contribution in [2.75, 3.05) is 26.6 Å². The summed E-state index contributed by atoms with van der Waals surface area (Å²) < 4.78 is 0. The Morgan fingerprint density at radius 1 is 0.431 bits per heavy atom. The van der Waals surface area contributed by atoms with Gasteiger partial charge >= 0.3 is 0 Å². The van der Waals surface area contributed by atoms with Crippen molar-refractivity contribution in [1.82, 2.24) is 9.97 Å². The van der Waals surface area contributed by atoms with Crippen LogP contribution in [0.3, 0.4) is 0 Å². The Balaban J connectivity index is 0.835. The summed E-state index contributed by atoms with van der Waals surface area (Å²) in [6.45, 7) is 0. The Bertz CT molecular complexity index is 2760. The fraction of sp³-hybridized carbons (Fsp3) is 0. The second kappa shape index (κ2) is 16.6. The van der Waals surface area contributed by atoms with Crippen LogP contribution in [-0.4, -0.2) is 39.5 Å². The number of nitrogens with one attached hydrogen (secondary N) is 6. The standard InChI is InChI=1S/C44H31N7O5S2/c52-40(27-9-17-32(18-10-27)47-43(55)37-3-1-23-57-37)45-30-13-5-26(6-14-30)39-50-35-22-21-34(25-36(35)51-39)49-42(54)29-7-15-31(16-8-29)46-41(53)28-11-19-33(20-12-28)48-44(56)38-4-2-24-58-38/h1-25H,(H,45,52)(H,46,53)(H,47,55)(H,48,56)(H,49,54)(H,50,51). The fourth-order valence-corrected chi connectivity index (χ4v) is 7.10. The highest BCUT2D eigenvalue weighted by Crippen LogP contribution is 2.25. The normalized spacial score (nSPS) is 10.8. The summed E-state index contributed by atoms with van der Waals surface area (Å²) in [5.74, 6) is -0.746. The third-order valence-corrected chi connectivity index (χ3v) is 10.6. The van der Waals surface area contributed by atoms with E-state index in [9.17, 15) is 24.0 Å². The molecule has 8 rings (SSSR count). The maximum Gasteiger partial charge on any atom is 0.265 e. The number of H-pyrrole nitrogens is 1. The minimum atomic E-state index is -0.333. The van der Waals surface area contributed by atoms with Crippen molar-refractivity contribution in [3.63, 3.8) is 0 Å². The number of hydrogen-bond acceptors (Lipinski definition) is 8. The van der Waals surface area contributed by atoms with Crippen molar-refractivity contribution in [3.8, 4) is 11.4 Å². The van der Waals surface area contributed by atoms with Crippen LogP contribution in [-0.2, 0) is 0 Å². The first-order valence-electron chi connectivity index (χ1n) is 17.8. The molecule has 6 N–H and O–H groups in total. The average Bonchev–Trinajstić information content (AvgIpc) is 4.06. The van der Waals surface area contributed by atoms with Gasteiger partial charge < -0.3 is 31.6 Å². The smallest absolute Gasteiger partial charge is 0.265 e. The zero-order valence-electron chi connectivity index (χ0n) is 30.2. The topological polar surface area (TPSA) is 174 Å². The summed E-state index contributed by atoms with van der Waals surface area (Å²) in [4.78, 5) is 72.6. The number of anilines is 5. The lowest BCUT2D eigenvalue weighted by atomic mass is 10.1. The van der Waals surface area contributed by atoms with Crippen molar-refractivity contribution in [1.29, 1.82) is 0 Å². The molecular formula is C44H31N7O5S2. The maximum atomic E-state index is 13.1. The number of amides is 5. The molecule has 0 aliphatic heterocycles. The number of benzene rings is 5. The van der Waals surface area contributed by atoms with Gasteiger partial charge in [-0.2, -0.15) is 0 Å². The van der Waals surface area contributed by atoms with Crippen molar-refractivity contribution in [3.05, 3.63) is 177 Å². The van der Waals surface area contributed by atoms with Gasteiger partial charge in [0, 0.05) is 50.7 Å². The molecular weight excluding hydrogens is 771 g/mol. The number of thiophene rings is 2. The Morgan fingerprint density at radius 2 is 0.810 bits per heavy atom. The minimum absolute atomic E-state index is 0.201. The molecule has 0 atom stereocenters. The van der Waals surface area contributed by atoms with E-state index < -0.39 is 0 Å². The van der Waals surface area contributed by atoms with Gasteiger partial charge in [-0.05, 0) is 138 Å². The second-order valence-electron chi connectivity index (χ2n) is 12.9. The van der Waals surface area contributed by atoms with E-state index in [1.54, 1.807) is 121 Å². The highest BCUT2D eigenvalue weighted by molar-refractivity contribution is 7.12. The number of aromatic nitrogens is 2. The molecule has 58 heavy (non-hydrogen) atoms. The summed E-state index contributed by atoms with van der Waals surface area (Å²) >= 11 is 2.70. The van der Waals surface area contributed by atoms with E-state index in [0.29, 0.717) is 66.2 Å². The van der Waals surface area contributed by atoms with Crippen molar-refractivity contribution in [2.24, 2.45) is 0 Å². The largest absolute Gasteiger partial charge is 0.338 e. The number of fused-ring (bicyclic) bond motifs is 1. The monoisotopic (exact) mass is 801 g/mol. The number of aromatic amines is 1. The maximum absolute atomic E-state index is 13.1. The zero-order chi connectivity index (χ0) is 40.0. The lowest BCUT2D eigenvalue weighted by Crippen LogP contribution is -2.14. The molecule has 0 radical (unpaired) electrons. The van der Waals surface area contributed by atoms with E-state index in [4.69, 9.17) is 0 Å². The molecule has 8 aromatic rings. The predicted octanol–water partition coefficient (Wildman–Crippen LogP) is 9.61. The van der Waals surface area contributed by atoms with Gasteiger partial charge in [-0.1, -0.05) is 12.1 Å². The number of carbonyl (C=O) groups excluding carboxylic acids is 5. The molecule has 3 aromatic heterocycles. The molecule has 14 heteroatoms. The van der Waals surface area contributed by atoms with Crippen LogP contribution >= 0.6 is 22.7 Å². The number of hydrogen-bond donors (Lipinski definition) is 6. The lowest BCUT2D eigenvalue weighted by molar-refractivity contribution is 0.101. The number of carbonyl (C=O) groups is 5. The zero-order valence-corrected chi connectivity index (χ0v) is 31.9. The molecule has 12 nitrogen and oxygen atoms in total. The van der Waals surface area contributed by atoms with Crippen molar-refractivity contribution < 1.29 is 24.0 Å². The fourth-order valence-electron chi connectivity index (χ4n) is 5.86. The third kappa shape index (κ3) is 8.73. The molecule has 0 aliphatic carbocycles. The minimum Gasteiger partial charge on any atom is -0.338 e. The van der Waals surface area contributed by atoms with Gasteiger partial charge in [-0.25, -0.2) is 4.98 Å². The van der Waals surface area contributed by atoms with Gasteiger partial charge in [0.2, 0.25) is 0 Å². The quantitative estimate of drug-likeness (QED) is 0.0760. The van der Waals surface area contributed by atoms with Crippen LogP contribution in [0.5, 0.6) is 0 Å². The van der Waals surface area contributed by atoms with E-state index in [0.717, 1.165) is 11.1 Å². The number of rotatable bonds is 11. The second-order valence-corrected chi connectivity index (χ2v) is 14.7. The van der Waals surface area contributed by atoms with E-state index in [1.807, 2.05) is 29.0 Å². The molecule has 0 saturated heterocycles. The highest BCUT2D eigenvalue weighted by Gasteiger charge is 2.14. The van der Waals surface area contributed by atoms with Crippen molar-refractivity contribution >= 4 is 91.7 Å². The predicted molar refractivity (Wildman–Crippen MR) is 229 cm³/mol. The molecule has 0 spiro atoms. The Hall–Kier alpha value is -7.68. The molecule has 5 amide bonds. The summed E-state index contributed by atoms with van der Waals surface area (Å²) in [6, 6.07) is 39.5. The van der Waals surface area contributed by atoms with Crippen LogP contribution in [0.2, 0.25) is 0 Å². The average molecular weight is 802 g/mol. The van der Waals surface area contributed by atoms with Gasteiger partial charge in [-0.3, -0.25) is 24.0 Å². The van der Waals surface area contributed by atoms with Gasteiger partial charge in [0.15, 0.2) is 0 Å². The highest BCUT2D eigenvalue weighted by atomic mass is 32.1. The molecule has 0 fully saturated rings. The van der Waals surface area contributed by atoms with Crippen LogP contribution in [0.25, 0.3) is 22.4 Å². The molecule has 0 saturated carbocycles.